The minimum atomic E-state index is -0.197. The van der Waals surface area contributed by atoms with Crippen LogP contribution < -0.4 is 16.6 Å². The molecule has 5 heteroatoms. The summed E-state index contributed by atoms with van der Waals surface area (Å²) in [6.07, 6.45) is 6.41. The van der Waals surface area contributed by atoms with E-state index in [1.165, 1.54) is 36.1 Å². The van der Waals surface area contributed by atoms with Crippen molar-refractivity contribution in [3.8, 4) is 0 Å². The number of hydrogen-bond donors (Lipinski definition) is 2. The lowest BCUT2D eigenvalue weighted by atomic mass is 9.95. The largest absolute Gasteiger partial charge is 0.398 e. The maximum Gasteiger partial charge on any atom is 0.251 e. The summed E-state index contributed by atoms with van der Waals surface area (Å²) in [5, 5.41) is 3.07. The topological polar surface area (TPSA) is 77.1 Å². The van der Waals surface area contributed by atoms with E-state index in [0.29, 0.717) is 17.6 Å². The molecule has 2 saturated carbocycles. The first-order valence-electron chi connectivity index (χ1n) is 6.87. The number of aromatic nitrogens is 1. The molecule has 1 aromatic rings. The number of amides is 1. The van der Waals surface area contributed by atoms with Crippen molar-refractivity contribution in [1.29, 1.82) is 0 Å². The zero-order valence-electron chi connectivity index (χ0n) is 10.8. The van der Waals surface area contributed by atoms with Crippen LogP contribution in [0, 0.1) is 11.8 Å². The van der Waals surface area contributed by atoms with Gasteiger partial charge in [0.15, 0.2) is 0 Å². The number of hydrogen-bond acceptors (Lipinski definition) is 3. The van der Waals surface area contributed by atoms with Gasteiger partial charge in [-0.25, -0.2) is 0 Å². The molecule has 0 aromatic carbocycles. The van der Waals surface area contributed by atoms with Gasteiger partial charge in [0, 0.05) is 24.0 Å². The number of carbonyl (C=O) groups excluding carboxylic acids is 1. The molecule has 0 spiro atoms. The van der Waals surface area contributed by atoms with E-state index in [1.807, 2.05) is 0 Å². The van der Waals surface area contributed by atoms with E-state index in [9.17, 15) is 9.59 Å². The Morgan fingerprint density at radius 3 is 2.89 bits per heavy atom. The Labute approximate surface area is 111 Å². The third-order valence-electron chi connectivity index (χ3n) is 4.40. The van der Waals surface area contributed by atoms with Crippen LogP contribution in [0.2, 0.25) is 0 Å². The maximum absolute atomic E-state index is 12.0. The summed E-state index contributed by atoms with van der Waals surface area (Å²) < 4.78 is 1.36. The molecule has 3 atom stereocenters. The van der Waals surface area contributed by atoms with Crippen LogP contribution in [-0.4, -0.2) is 16.5 Å². The molecular formula is C14H19N3O2. The molecule has 0 aliphatic heterocycles. The standard InChI is InChI=1S/C14H19N3O2/c15-11-3-4-14(19)17(7-11)8-13(18)16-12-6-9-1-2-10(12)5-9/h3-4,7,9-10,12H,1-2,5-6,8,15H2,(H,16,18). The third-order valence-corrected chi connectivity index (χ3v) is 4.40. The molecule has 1 aromatic heterocycles. The van der Waals surface area contributed by atoms with Crippen LogP contribution in [0.15, 0.2) is 23.1 Å². The molecule has 3 rings (SSSR count). The first-order chi connectivity index (χ1) is 9.11. The SMILES string of the molecule is Nc1ccc(=O)n(CC(=O)NC2CC3CCC2C3)c1. The maximum atomic E-state index is 12.0. The van der Waals surface area contributed by atoms with Crippen molar-refractivity contribution in [2.24, 2.45) is 11.8 Å². The first-order valence-corrected chi connectivity index (χ1v) is 6.87. The van der Waals surface area contributed by atoms with E-state index in [0.717, 1.165) is 12.3 Å². The molecule has 3 N–H and O–H groups in total. The monoisotopic (exact) mass is 261 g/mol. The van der Waals surface area contributed by atoms with E-state index in [2.05, 4.69) is 5.32 Å². The molecule has 102 valence electrons. The Kier molecular flexibility index (Phi) is 3.05. The Morgan fingerprint density at radius 1 is 1.37 bits per heavy atom. The Morgan fingerprint density at radius 2 is 2.21 bits per heavy atom. The van der Waals surface area contributed by atoms with Crippen LogP contribution >= 0.6 is 0 Å². The summed E-state index contributed by atoms with van der Waals surface area (Å²) >= 11 is 0. The zero-order chi connectivity index (χ0) is 13.4. The number of nitrogens with zero attached hydrogens (tertiary/aromatic N) is 1. The van der Waals surface area contributed by atoms with Gasteiger partial charge in [0.25, 0.3) is 5.56 Å². The lowest BCUT2D eigenvalue weighted by molar-refractivity contribution is -0.122. The highest BCUT2D eigenvalue weighted by Gasteiger charge is 2.39. The lowest BCUT2D eigenvalue weighted by Gasteiger charge is -2.23. The first kappa shape index (κ1) is 12.3. The summed E-state index contributed by atoms with van der Waals surface area (Å²) in [6.45, 7) is 0.0533. The van der Waals surface area contributed by atoms with Gasteiger partial charge in [-0.3, -0.25) is 9.59 Å². The second-order valence-corrected chi connectivity index (χ2v) is 5.78. The van der Waals surface area contributed by atoms with Crippen LogP contribution in [-0.2, 0) is 11.3 Å². The van der Waals surface area contributed by atoms with Gasteiger partial charge in [0.05, 0.1) is 0 Å². The molecule has 2 bridgehead atoms. The fourth-order valence-corrected chi connectivity index (χ4v) is 3.50. The number of rotatable bonds is 3. The minimum Gasteiger partial charge on any atom is -0.398 e. The molecule has 2 aliphatic carbocycles. The van der Waals surface area contributed by atoms with Crippen LogP contribution in [0.5, 0.6) is 0 Å². The van der Waals surface area contributed by atoms with Crippen molar-refractivity contribution in [3.63, 3.8) is 0 Å². The van der Waals surface area contributed by atoms with Gasteiger partial charge in [0.1, 0.15) is 6.54 Å². The van der Waals surface area contributed by atoms with E-state index < -0.39 is 0 Å². The average molecular weight is 261 g/mol. The highest BCUT2D eigenvalue weighted by Crippen LogP contribution is 2.44. The van der Waals surface area contributed by atoms with Crippen molar-refractivity contribution in [2.75, 3.05) is 5.73 Å². The lowest BCUT2D eigenvalue weighted by Crippen LogP contribution is -2.41. The van der Waals surface area contributed by atoms with Gasteiger partial charge in [-0.1, -0.05) is 6.42 Å². The van der Waals surface area contributed by atoms with Gasteiger partial charge in [-0.05, 0) is 37.2 Å². The van der Waals surface area contributed by atoms with E-state index >= 15 is 0 Å². The predicted octanol–water partition coefficient (Wildman–Crippen LogP) is 0.735. The van der Waals surface area contributed by atoms with Crippen LogP contribution in [0.4, 0.5) is 5.69 Å². The molecule has 1 heterocycles. The van der Waals surface area contributed by atoms with E-state index in [1.54, 1.807) is 6.07 Å². The number of nitrogens with one attached hydrogen (secondary N) is 1. The highest BCUT2D eigenvalue weighted by atomic mass is 16.2. The van der Waals surface area contributed by atoms with Crippen molar-refractivity contribution in [2.45, 2.75) is 38.3 Å². The number of fused-ring (bicyclic) bond motifs is 2. The molecule has 2 fully saturated rings. The van der Waals surface area contributed by atoms with Crippen molar-refractivity contribution >= 4 is 11.6 Å². The van der Waals surface area contributed by atoms with E-state index in [-0.39, 0.29) is 18.0 Å². The molecule has 19 heavy (non-hydrogen) atoms. The quantitative estimate of drug-likeness (QED) is 0.842. The normalized spacial score (nSPS) is 28.5. The number of carbonyl (C=O) groups is 1. The second-order valence-electron chi connectivity index (χ2n) is 5.78. The number of nitrogen functional groups attached to an aromatic ring is 1. The summed E-state index contributed by atoms with van der Waals surface area (Å²) in [6, 6.07) is 3.25. The zero-order valence-corrected chi connectivity index (χ0v) is 10.8. The van der Waals surface area contributed by atoms with Crippen LogP contribution in [0.3, 0.4) is 0 Å². The number of pyridine rings is 1. The smallest absolute Gasteiger partial charge is 0.251 e. The van der Waals surface area contributed by atoms with Crippen LogP contribution in [0.25, 0.3) is 0 Å². The predicted molar refractivity (Wildman–Crippen MR) is 72.5 cm³/mol. The van der Waals surface area contributed by atoms with Crippen molar-refractivity contribution in [1.82, 2.24) is 9.88 Å². The molecule has 3 unspecified atom stereocenters. The summed E-state index contributed by atoms with van der Waals surface area (Å²) in [5.74, 6) is 1.35. The van der Waals surface area contributed by atoms with Crippen LogP contribution in [0.1, 0.15) is 25.7 Å². The number of nitrogens with two attached hydrogens (primary N) is 1. The van der Waals surface area contributed by atoms with Gasteiger partial charge in [0.2, 0.25) is 5.91 Å². The van der Waals surface area contributed by atoms with E-state index in [4.69, 9.17) is 5.73 Å². The highest BCUT2D eigenvalue weighted by molar-refractivity contribution is 5.76. The van der Waals surface area contributed by atoms with Gasteiger partial charge >= 0.3 is 0 Å². The minimum absolute atomic E-state index is 0.0533. The Hall–Kier alpha value is -1.78. The molecule has 2 aliphatic rings. The fraction of sp³-hybridized carbons (Fsp3) is 0.571. The molecule has 1 amide bonds. The summed E-state index contributed by atoms with van der Waals surface area (Å²) in [4.78, 5) is 23.6. The number of anilines is 1. The van der Waals surface area contributed by atoms with Crippen molar-refractivity contribution in [3.05, 3.63) is 28.7 Å². The fourth-order valence-electron chi connectivity index (χ4n) is 3.50. The van der Waals surface area contributed by atoms with Gasteiger partial charge in [-0.15, -0.1) is 0 Å². The van der Waals surface area contributed by atoms with Gasteiger partial charge in [-0.2, -0.15) is 0 Å². The molecular weight excluding hydrogens is 242 g/mol. The molecule has 0 radical (unpaired) electrons. The Bertz CT molecular complexity index is 552. The second kappa shape index (κ2) is 4.72. The Balaban J connectivity index is 1.62. The summed E-state index contributed by atoms with van der Waals surface area (Å²) in [7, 11) is 0. The molecule has 0 saturated heterocycles. The average Bonchev–Trinajstić information content (AvgIpc) is 2.96. The summed E-state index contributed by atoms with van der Waals surface area (Å²) in [5.41, 5.74) is 5.92. The molecule has 5 nitrogen and oxygen atoms in total. The third kappa shape index (κ3) is 2.50. The van der Waals surface area contributed by atoms with Crippen molar-refractivity contribution < 1.29 is 4.79 Å². The van der Waals surface area contributed by atoms with Gasteiger partial charge < -0.3 is 15.6 Å².